The van der Waals surface area contributed by atoms with E-state index in [1.807, 2.05) is 27.0 Å². The minimum atomic E-state index is -0.992. The van der Waals surface area contributed by atoms with Crippen LogP contribution in [0.15, 0.2) is 11.3 Å². The predicted molar refractivity (Wildman–Crippen MR) is 89.1 cm³/mol. The molecule has 0 saturated heterocycles. The van der Waals surface area contributed by atoms with Crippen molar-refractivity contribution >= 4 is 23.6 Å². The summed E-state index contributed by atoms with van der Waals surface area (Å²) in [5.41, 5.74) is 0.675. The molecule has 2 unspecified atom stereocenters. The van der Waals surface area contributed by atoms with Crippen molar-refractivity contribution in [3.05, 3.63) is 11.3 Å². The van der Waals surface area contributed by atoms with E-state index < -0.39 is 17.9 Å². The van der Waals surface area contributed by atoms with E-state index in [0.29, 0.717) is 30.1 Å². The second-order valence-electron chi connectivity index (χ2n) is 6.16. The lowest BCUT2D eigenvalue weighted by atomic mass is 9.96. The minimum Gasteiger partial charge on any atom is -0.503 e. The number of thioether (sulfide) groups is 1. The molecule has 0 saturated carbocycles. The van der Waals surface area contributed by atoms with Gasteiger partial charge in [-0.15, -0.1) is 0 Å². The number of carbonyl (C=O) groups is 2. The second-order valence-corrected chi connectivity index (χ2v) is 7.03. The van der Waals surface area contributed by atoms with Crippen molar-refractivity contribution in [2.75, 3.05) is 12.0 Å². The lowest BCUT2D eigenvalue weighted by Gasteiger charge is -2.33. The van der Waals surface area contributed by atoms with Crippen molar-refractivity contribution in [1.82, 2.24) is 4.90 Å². The maximum absolute atomic E-state index is 12.4. The molecule has 1 rings (SSSR count). The monoisotopic (exact) mass is 329 g/mol. The zero-order valence-corrected chi connectivity index (χ0v) is 14.7. The molecule has 0 fully saturated rings. The molecule has 0 aromatic rings. The van der Waals surface area contributed by atoms with E-state index in [9.17, 15) is 19.8 Å². The van der Waals surface area contributed by atoms with Crippen LogP contribution in [0.1, 0.15) is 46.5 Å². The molecule has 22 heavy (non-hydrogen) atoms. The Labute approximate surface area is 136 Å². The van der Waals surface area contributed by atoms with Gasteiger partial charge in [-0.05, 0) is 25.0 Å². The third kappa shape index (κ3) is 4.18. The molecule has 0 aromatic carbocycles. The predicted octanol–water partition coefficient (Wildman–Crippen LogP) is 3.06. The van der Waals surface area contributed by atoms with Crippen LogP contribution in [0.2, 0.25) is 0 Å². The number of carbonyl (C=O) groups excluding carboxylic acids is 1. The molecule has 126 valence electrons. The smallest absolute Gasteiger partial charge is 0.326 e. The van der Waals surface area contributed by atoms with Crippen molar-refractivity contribution in [3.63, 3.8) is 0 Å². The van der Waals surface area contributed by atoms with Crippen molar-refractivity contribution in [2.45, 2.75) is 58.5 Å². The maximum Gasteiger partial charge on any atom is 0.326 e. The normalized spacial score (nSPS) is 20.1. The zero-order valence-electron chi connectivity index (χ0n) is 13.8. The van der Waals surface area contributed by atoms with Gasteiger partial charge in [0.25, 0.3) is 5.91 Å². The average Bonchev–Trinajstić information content (AvgIpc) is 2.65. The quantitative estimate of drug-likeness (QED) is 0.680. The highest BCUT2D eigenvalue weighted by molar-refractivity contribution is 7.98. The first-order valence-electron chi connectivity index (χ1n) is 7.81. The number of amides is 1. The van der Waals surface area contributed by atoms with Gasteiger partial charge in [-0.3, -0.25) is 4.79 Å². The van der Waals surface area contributed by atoms with Crippen LogP contribution < -0.4 is 0 Å². The number of aliphatic carboxylic acids is 1. The van der Waals surface area contributed by atoms with Crippen LogP contribution in [-0.2, 0) is 9.59 Å². The van der Waals surface area contributed by atoms with E-state index in [0.717, 1.165) is 12.8 Å². The molecule has 1 aliphatic rings. The second kappa shape index (κ2) is 8.46. The Morgan fingerprint density at radius 1 is 1.41 bits per heavy atom. The molecule has 2 N–H and O–H groups in total. The number of rotatable bonds is 9. The van der Waals surface area contributed by atoms with E-state index in [-0.39, 0.29) is 11.8 Å². The van der Waals surface area contributed by atoms with Gasteiger partial charge in [0, 0.05) is 11.3 Å². The summed E-state index contributed by atoms with van der Waals surface area (Å²) in [6.07, 6.45) is 4.62. The number of nitrogens with zero attached hydrogens (tertiary/aromatic N) is 1. The van der Waals surface area contributed by atoms with Gasteiger partial charge in [-0.2, -0.15) is 11.8 Å². The number of carboxylic acids is 1. The van der Waals surface area contributed by atoms with Crippen LogP contribution in [0, 0.1) is 5.92 Å². The molecule has 1 amide bonds. The summed E-state index contributed by atoms with van der Waals surface area (Å²) in [4.78, 5) is 25.5. The maximum atomic E-state index is 12.4. The first-order chi connectivity index (χ1) is 10.3. The summed E-state index contributed by atoms with van der Waals surface area (Å²) in [5, 5.41) is 19.7. The van der Waals surface area contributed by atoms with Gasteiger partial charge in [0.15, 0.2) is 5.76 Å². The van der Waals surface area contributed by atoms with Gasteiger partial charge in [0.05, 0.1) is 6.04 Å². The van der Waals surface area contributed by atoms with Gasteiger partial charge in [-0.1, -0.05) is 33.6 Å². The van der Waals surface area contributed by atoms with Gasteiger partial charge >= 0.3 is 5.97 Å². The number of hydrogen-bond donors (Lipinski definition) is 2. The van der Waals surface area contributed by atoms with Crippen LogP contribution in [0.25, 0.3) is 0 Å². The lowest BCUT2D eigenvalue weighted by molar-refractivity contribution is -0.150. The van der Waals surface area contributed by atoms with Crippen molar-refractivity contribution in [3.8, 4) is 0 Å². The highest BCUT2D eigenvalue weighted by Gasteiger charge is 2.44. The zero-order chi connectivity index (χ0) is 16.9. The fourth-order valence-corrected chi connectivity index (χ4v) is 3.53. The summed E-state index contributed by atoms with van der Waals surface area (Å²) in [7, 11) is 0. The molecule has 0 aromatic heterocycles. The first-order valence-corrected chi connectivity index (χ1v) is 9.20. The van der Waals surface area contributed by atoms with Crippen LogP contribution in [0.5, 0.6) is 0 Å². The molecule has 0 aliphatic carbocycles. The number of unbranched alkanes of at least 4 members (excludes halogenated alkanes) is 1. The van der Waals surface area contributed by atoms with E-state index in [1.165, 1.54) is 16.7 Å². The lowest BCUT2D eigenvalue weighted by Crippen LogP contribution is -2.48. The number of carboxylic acid groups (broad SMARTS) is 1. The first kappa shape index (κ1) is 18.9. The molecule has 0 bridgehead atoms. The SMILES string of the molecule is CCCCC(C(=O)O)N1C(=O)C(O)=C(CSC)C1CC(C)C. The standard InChI is InChI=1S/C16H27NO4S/c1-5-6-7-12(16(20)21)17-13(8-10(2)3)11(9-22-4)14(18)15(17)19/h10,12-13,18H,5-9H2,1-4H3,(H,20,21). The molecule has 2 atom stereocenters. The Kier molecular flexibility index (Phi) is 7.26. The van der Waals surface area contributed by atoms with E-state index in [1.54, 1.807) is 0 Å². The van der Waals surface area contributed by atoms with Crippen molar-refractivity contribution in [2.24, 2.45) is 5.92 Å². The fraction of sp³-hybridized carbons (Fsp3) is 0.750. The molecule has 1 aliphatic heterocycles. The third-order valence-electron chi connectivity index (χ3n) is 3.93. The van der Waals surface area contributed by atoms with Crippen LogP contribution in [-0.4, -0.2) is 51.1 Å². The Morgan fingerprint density at radius 3 is 2.50 bits per heavy atom. The van der Waals surface area contributed by atoms with E-state index >= 15 is 0 Å². The highest BCUT2D eigenvalue weighted by Crippen LogP contribution is 2.33. The van der Waals surface area contributed by atoms with Gasteiger partial charge in [-0.25, -0.2) is 4.79 Å². The minimum absolute atomic E-state index is 0.247. The fourth-order valence-electron chi connectivity index (χ4n) is 2.89. The largest absolute Gasteiger partial charge is 0.503 e. The molecular formula is C16H27NO4S. The molecular weight excluding hydrogens is 302 g/mol. The summed E-state index contributed by atoms with van der Waals surface area (Å²) in [6, 6.07) is -1.17. The van der Waals surface area contributed by atoms with Gasteiger partial charge in [0.1, 0.15) is 6.04 Å². The van der Waals surface area contributed by atoms with Crippen molar-refractivity contribution in [1.29, 1.82) is 0 Å². The Bertz CT molecular complexity index is 447. The topological polar surface area (TPSA) is 77.8 Å². The third-order valence-corrected chi connectivity index (χ3v) is 4.53. The number of hydrogen-bond acceptors (Lipinski definition) is 4. The van der Waals surface area contributed by atoms with Crippen LogP contribution in [0.4, 0.5) is 0 Å². The van der Waals surface area contributed by atoms with E-state index in [2.05, 4.69) is 0 Å². The molecule has 0 spiro atoms. The Hall–Kier alpha value is -1.17. The molecule has 0 radical (unpaired) electrons. The van der Waals surface area contributed by atoms with Crippen LogP contribution in [0.3, 0.4) is 0 Å². The number of aliphatic hydroxyl groups excluding tert-OH is 1. The summed E-state index contributed by atoms with van der Waals surface area (Å²) >= 11 is 1.53. The summed E-state index contributed by atoms with van der Waals surface area (Å²) in [5.74, 6) is -0.913. The summed E-state index contributed by atoms with van der Waals surface area (Å²) < 4.78 is 0. The molecule has 5 nitrogen and oxygen atoms in total. The average molecular weight is 329 g/mol. The highest BCUT2D eigenvalue weighted by atomic mass is 32.2. The Balaban J connectivity index is 3.13. The summed E-state index contributed by atoms with van der Waals surface area (Å²) in [6.45, 7) is 6.07. The van der Waals surface area contributed by atoms with Gasteiger partial charge in [0.2, 0.25) is 0 Å². The number of aliphatic hydroxyl groups is 1. The van der Waals surface area contributed by atoms with Crippen molar-refractivity contribution < 1.29 is 19.8 Å². The Morgan fingerprint density at radius 2 is 2.05 bits per heavy atom. The van der Waals surface area contributed by atoms with Crippen LogP contribution >= 0.6 is 11.8 Å². The molecule has 6 heteroatoms. The molecule has 1 heterocycles. The van der Waals surface area contributed by atoms with Gasteiger partial charge < -0.3 is 15.1 Å². The van der Waals surface area contributed by atoms with E-state index in [4.69, 9.17) is 0 Å².